The van der Waals surface area contributed by atoms with Crippen LogP contribution in [0.15, 0.2) is 22.7 Å². The summed E-state index contributed by atoms with van der Waals surface area (Å²) in [6.07, 6.45) is 8.23. The molecule has 0 atom stereocenters. The van der Waals surface area contributed by atoms with Gasteiger partial charge in [-0.3, -0.25) is 4.79 Å². The van der Waals surface area contributed by atoms with Crippen LogP contribution in [0.1, 0.15) is 50.5 Å². The van der Waals surface area contributed by atoms with Crippen molar-refractivity contribution < 1.29 is 9.18 Å². The molecule has 0 unspecified atom stereocenters. The van der Waals surface area contributed by atoms with E-state index in [1.165, 1.54) is 31.7 Å². The predicted molar refractivity (Wildman–Crippen MR) is 78.6 cm³/mol. The normalized spacial score (nSPS) is 17.2. The summed E-state index contributed by atoms with van der Waals surface area (Å²) >= 11 is 3.32. The Labute approximate surface area is 122 Å². The van der Waals surface area contributed by atoms with E-state index in [-0.39, 0.29) is 18.0 Å². The van der Waals surface area contributed by atoms with E-state index < -0.39 is 0 Å². The van der Waals surface area contributed by atoms with Crippen LogP contribution < -0.4 is 0 Å². The molecule has 0 N–H and O–H groups in total. The Hall–Kier alpha value is -0.700. The maximum Gasteiger partial charge on any atom is 0.137 e. The molecule has 0 spiro atoms. The largest absolute Gasteiger partial charge is 0.299 e. The minimum atomic E-state index is -0.280. The van der Waals surface area contributed by atoms with Gasteiger partial charge in [0.2, 0.25) is 0 Å². The lowest BCUT2D eigenvalue weighted by Crippen LogP contribution is -2.11. The molecule has 0 amide bonds. The van der Waals surface area contributed by atoms with Crippen molar-refractivity contribution in [2.24, 2.45) is 5.92 Å². The first kappa shape index (κ1) is 14.7. The zero-order chi connectivity index (χ0) is 13.7. The first-order valence-corrected chi connectivity index (χ1v) is 7.90. The molecule has 1 aliphatic carbocycles. The van der Waals surface area contributed by atoms with E-state index in [1.54, 1.807) is 12.1 Å². The Bertz CT molecular complexity index is 436. The SMILES string of the molecule is O=C(Cc1cc(Br)ccc1F)CC1CCCCCC1. The summed E-state index contributed by atoms with van der Waals surface area (Å²) in [5, 5.41) is 0. The van der Waals surface area contributed by atoms with Crippen molar-refractivity contribution in [3.63, 3.8) is 0 Å². The lowest BCUT2D eigenvalue weighted by molar-refractivity contribution is -0.119. The molecule has 0 aliphatic heterocycles. The third kappa shape index (κ3) is 4.72. The van der Waals surface area contributed by atoms with Crippen LogP contribution in [0.4, 0.5) is 4.39 Å². The second-order valence-electron chi connectivity index (χ2n) is 5.51. The molecule has 1 saturated carbocycles. The second kappa shape index (κ2) is 7.18. The maximum atomic E-state index is 13.6. The highest BCUT2D eigenvalue weighted by atomic mass is 79.9. The fourth-order valence-corrected chi connectivity index (χ4v) is 3.26. The quantitative estimate of drug-likeness (QED) is 0.707. The summed E-state index contributed by atoms with van der Waals surface area (Å²) < 4.78 is 14.4. The lowest BCUT2D eigenvalue weighted by atomic mass is 9.92. The van der Waals surface area contributed by atoms with Gasteiger partial charge in [0.05, 0.1) is 0 Å². The molecule has 0 bridgehead atoms. The third-order valence-electron chi connectivity index (χ3n) is 3.89. The molecule has 0 radical (unpaired) electrons. The van der Waals surface area contributed by atoms with E-state index in [2.05, 4.69) is 15.9 Å². The number of Topliss-reactive ketones (excluding diaryl/α,β-unsaturated/α-hetero) is 1. The van der Waals surface area contributed by atoms with Crippen molar-refractivity contribution in [2.75, 3.05) is 0 Å². The molecular weight excluding hydrogens is 307 g/mol. The van der Waals surface area contributed by atoms with Gasteiger partial charge in [0.15, 0.2) is 0 Å². The molecule has 1 aromatic rings. The van der Waals surface area contributed by atoms with Gasteiger partial charge in [-0.25, -0.2) is 4.39 Å². The van der Waals surface area contributed by atoms with E-state index in [0.29, 0.717) is 17.9 Å². The first-order valence-electron chi connectivity index (χ1n) is 7.11. The summed E-state index contributed by atoms with van der Waals surface area (Å²) in [7, 11) is 0. The molecule has 104 valence electrons. The zero-order valence-corrected chi connectivity index (χ0v) is 12.7. The predicted octanol–water partition coefficient (Wildman–Crippen LogP) is 5.06. The van der Waals surface area contributed by atoms with Crippen LogP contribution in [-0.4, -0.2) is 5.78 Å². The van der Waals surface area contributed by atoms with Crippen molar-refractivity contribution in [3.8, 4) is 0 Å². The molecule has 0 aromatic heterocycles. The van der Waals surface area contributed by atoms with Crippen LogP contribution in [0.2, 0.25) is 0 Å². The van der Waals surface area contributed by atoms with E-state index in [4.69, 9.17) is 0 Å². The molecule has 1 aromatic carbocycles. The molecule has 1 fully saturated rings. The van der Waals surface area contributed by atoms with Gasteiger partial charge in [-0.15, -0.1) is 0 Å². The Balaban J connectivity index is 1.91. The molecular formula is C16H20BrFO. The number of hydrogen-bond acceptors (Lipinski definition) is 1. The highest BCUT2D eigenvalue weighted by molar-refractivity contribution is 9.10. The van der Waals surface area contributed by atoms with E-state index >= 15 is 0 Å². The highest BCUT2D eigenvalue weighted by Gasteiger charge is 2.17. The van der Waals surface area contributed by atoms with Crippen molar-refractivity contribution in [1.29, 1.82) is 0 Å². The lowest BCUT2D eigenvalue weighted by Gasteiger charge is -2.13. The van der Waals surface area contributed by atoms with Gasteiger partial charge in [0.1, 0.15) is 11.6 Å². The monoisotopic (exact) mass is 326 g/mol. The third-order valence-corrected chi connectivity index (χ3v) is 4.38. The summed E-state index contributed by atoms with van der Waals surface area (Å²) in [5.41, 5.74) is 0.507. The van der Waals surface area contributed by atoms with Crippen molar-refractivity contribution >= 4 is 21.7 Å². The van der Waals surface area contributed by atoms with Crippen LogP contribution in [0.25, 0.3) is 0 Å². The highest BCUT2D eigenvalue weighted by Crippen LogP contribution is 2.26. The van der Waals surface area contributed by atoms with Crippen molar-refractivity contribution in [3.05, 3.63) is 34.1 Å². The second-order valence-corrected chi connectivity index (χ2v) is 6.43. The number of carbonyl (C=O) groups excluding carboxylic acids is 1. The maximum absolute atomic E-state index is 13.6. The Morgan fingerprint density at radius 3 is 2.58 bits per heavy atom. The summed E-state index contributed by atoms with van der Waals surface area (Å²) in [4.78, 5) is 12.1. The standard InChI is InChI=1S/C16H20BrFO/c17-14-7-8-16(18)13(10-14)11-15(19)9-12-5-3-1-2-4-6-12/h7-8,10,12H,1-6,9,11H2. The topological polar surface area (TPSA) is 17.1 Å². The average molecular weight is 327 g/mol. The Morgan fingerprint density at radius 1 is 1.21 bits per heavy atom. The summed E-state index contributed by atoms with van der Waals surface area (Å²) in [6.45, 7) is 0. The number of benzene rings is 1. The summed E-state index contributed by atoms with van der Waals surface area (Å²) in [6, 6.07) is 4.79. The van der Waals surface area contributed by atoms with Gasteiger partial charge in [-0.05, 0) is 29.7 Å². The molecule has 19 heavy (non-hydrogen) atoms. The van der Waals surface area contributed by atoms with Crippen LogP contribution in [-0.2, 0) is 11.2 Å². The van der Waals surface area contributed by atoms with Gasteiger partial charge >= 0.3 is 0 Å². The number of halogens is 2. The Morgan fingerprint density at radius 2 is 1.89 bits per heavy atom. The molecule has 1 aliphatic rings. The average Bonchev–Trinajstić information content (AvgIpc) is 2.62. The molecule has 2 rings (SSSR count). The van der Waals surface area contributed by atoms with E-state index in [9.17, 15) is 9.18 Å². The fourth-order valence-electron chi connectivity index (χ4n) is 2.85. The van der Waals surface area contributed by atoms with Gasteiger partial charge in [0, 0.05) is 17.3 Å². The Kier molecular flexibility index (Phi) is 5.56. The van der Waals surface area contributed by atoms with Crippen LogP contribution >= 0.6 is 15.9 Å². The zero-order valence-electron chi connectivity index (χ0n) is 11.1. The minimum absolute atomic E-state index is 0.170. The number of rotatable bonds is 4. The van der Waals surface area contributed by atoms with Crippen molar-refractivity contribution in [1.82, 2.24) is 0 Å². The molecule has 3 heteroatoms. The van der Waals surface area contributed by atoms with Gasteiger partial charge in [-0.1, -0.05) is 54.5 Å². The van der Waals surface area contributed by atoms with Gasteiger partial charge < -0.3 is 0 Å². The number of ketones is 1. The van der Waals surface area contributed by atoms with Gasteiger partial charge in [0.25, 0.3) is 0 Å². The molecule has 0 saturated heterocycles. The number of hydrogen-bond donors (Lipinski definition) is 0. The smallest absolute Gasteiger partial charge is 0.137 e. The van der Waals surface area contributed by atoms with Crippen LogP contribution in [0.3, 0.4) is 0 Å². The van der Waals surface area contributed by atoms with Crippen LogP contribution in [0.5, 0.6) is 0 Å². The molecule has 0 heterocycles. The minimum Gasteiger partial charge on any atom is -0.299 e. The summed E-state index contributed by atoms with van der Waals surface area (Å²) in [5.74, 6) is 0.409. The van der Waals surface area contributed by atoms with Gasteiger partial charge in [-0.2, -0.15) is 0 Å². The van der Waals surface area contributed by atoms with E-state index in [1.807, 2.05) is 0 Å². The van der Waals surface area contributed by atoms with E-state index in [0.717, 1.165) is 17.3 Å². The first-order chi connectivity index (χ1) is 9.15. The van der Waals surface area contributed by atoms with Crippen LogP contribution in [0, 0.1) is 11.7 Å². The van der Waals surface area contributed by atoms with Crippen molar-refractivity contribution in [2.45, 2.75) is 51.4 Å². The fraction of sp³-hybridized carbons (Fsp3) is 0.562. The number of carbonyl (C=O) groups is 1. The molecule has 1 nitrogen and oxygen atoms in total.